The van der Waals surface area contributed by atoms with Gasteiger partial charge in [-0.25, -0.2) is 0 Å². The Hall–Kier alpha value is -1.06. The molecule has 3 heteroatoms. The van der Waals surface area contributed by atoms with Crippen LogP contribution in [0.1, 0.15) is 18.4 Å². The quantitative estimate of drug-likeness (QED) is 0.864. The summed E-state index contributed by atoms with van der Waals surface area (Å²) in [6, 6.07) is 8.62. The molecule has 0 radical (unpaired) electrons. The standard InChI is InChI=1S/C15H24N2O/c1-12-5-4-6-13(9-12)17(3)11-15-8-7-14(18-15)10-16-2/h4-6,9,14-16H,7-8,10-11H2,1-3H3. The van der Waals surface area contributed by atoms with Crippen LogP contribution >= 0.6 is 0 Å². The number of aryl methyl sites for hydroxylation is 1. The van der Waals surface area contributed by atoms with Crippen LogP contribution in [0.15, 0.2) is 24.3 Å². The smallest absolute Gasteiger partial charge is 0.0755 e. The summed E-state index contributed by atoms with van der Waals surface area (Å²) >= 11 is 0. The molecule has 1 N–H and O–H groups in total. The molecule has 0 bridgehead atoms. The van der Waals surface area contributed by atoms with Gasteiger partial charge in [0.25, 0.3) is 0 Å². The summed E-state index contributed by atoms with van der Waals surface area (Å²) in [5.74, 6) is 0. The van der Waals surface area contributed by atoms with Crippen molar-refractivity contribution in [3.63, 3.8) is 0 Å². The van der Waals surface area contributed by atoms with E-state index < -0.39 is 0 Å². The van der Waals surface area contributed by atoms with E-state index in [-0.39, 0.29) is 0 Å². The van der Waals surface area contributed by atoms with E-state index in [1.807, 2.05) is 7.05 Å². The number of rotatable bonds is 5. The van der Waals surface area contributed by atoms with E-state index in [0.29, 0.717) is 12.2 Å². The number of nitrogens with one attached hydrogen (secondary N) is 1. The van der Waals surface area contributed by atoms with Crippen LogP contribution < -0.4 is 10.2 Å². The van der Waals surface area contributed by atoms with Crippen LogP contribution in [0.2, 0.25) is 0 Å². The molecule has 3 nitrogen and oxygen atoms in total. The number of nitrogens with zero attached hydrogens (tertiary/aromatic N) is 1. The fourth-order valence-electron chi connectivity index (χ4n) is 2.57. The molecule has 1 aliphatic heterocycles. The molecule has 1 saturated heterocycles. The second-order valence-electron chi connectivity index (χ2n) is 5.23. The second-order valence-corrected chi connectivity index (χ2v) is 5.23. The van der Waals surface area contributed by atoms with Gasteiger partial charge in [0.15, 0.2) is 0 Å². The lowest BCUT2D eigenvalue weighted by Gasteiger charge is -2.23. The number of hydrogen-bond acceptors (Lipinski definition) is 3. The minimum absolute atomic E-state index is 0.369. The highest BCUT2D eigenvalue weighted by molar-refractivity contribution is 5.47. The summed E-state index contributed by atoms with van der Waals surface area (Å²) in [5, 5.41) is 3.18. The zero-order valence-electron chi connectivity index (χ0n) is 11.6. The topological polar surface area (TPSA) is 24.5 Å². The van der Waals surface area contributed by atoms with E-state index >= 15 is 0 Å². The van der Waals surface area contributed by atoms with Crippen LogP contribution in [-0.4, -0.2) is 39.4 Å². The zero-order chi connectivity index (χ0) is 13.0. The van der Waals surface area contributed by atoms with Gasteiger partial charge >= 0.3 is 0 Å². The van der Waals surface area contributed by atoms with Gasteiger partial charge in [0.05, 0.1) is 12.2 Å². The highest BCUT2D eigenvalue weighted by atomic mass is 16.5. The van der Waals surface area contributed by atoms with Gasteiger partial charge in [-0.1, -0.05) is 12.1 Å². The first-order valence-corrected chi connectivity index (χ1v) is 6.77. The largest absolute Gasteiger partial charge is 0.372 e. The number of benzene rings is 1. The fraction of sp³-hybridized carbons (Fsp3) is 0.600. The van der Waals surface area contributed by atoms with E-state index in [4.69, 9.17) is 4.74 Å². The van der Waals surface area contributed by atoms with Gasteiger partial charge in [-0.3, -0.25) is 0 Å². The van der Waals surface area contributed by atoms with Gasteiger partial charge in [0.2, 0.25) is 0 Å². The maximum Gasteiger partial charge on any atom is 0.0755 e. The van der Waals surface area contributed by atoms with Crippen molar-refractivity contribution < 1.29 is 4.74 Å². The molecule has 1 heterocycles. The Balaban J connectivity index is 1.86. The SMILES string of the molecule is CNCC1CCC(CN(C)c2cccc(C)c2)O1. The molecule has 0 aliphatic carbocycles. The first-order chi connectivity index (χ1) is 8.69. The molecule has 0 spiro atoms. The average molecular weight is 248 g/mol. The third-order valence-corrected chi connectivity index (χ3v) is 3.55. The van der Waals surface area contributed by atoms with Gasteiger partial charge in [0, 0.05) is 25.8 Å². The molecule has 0 amide bonds. The van der Waals surface area contributed by atoms with Crippen LogP contribution in [0.3, 0.4) is 0 Å². The Labute approximate surface area is 110 Å². The molecule has 1 fully saturated rings. The highest BCUT2D eigenvalue weighted by Gasteiger charge is 2.25. The Morgan fingerprint density at radius 1 is 1.33 bits per heavy atom. The summed E-state index contributed by atoms with van der Waals surface area (Å²) < 4.78 is 6.02. The Morgan fingerprint density at radius 3 is 2.83 bits per heavy atom. The predicted molar refractivity (Wildman–Crippen MR) is 76.3 cm³/mol. The number of hydrogen-bond donors (Lipinski definition) is 1. The highest BCUT2D eigenvalue weighted by Crippen LogP contribution is 2.22. The molecule has 2 unspecified atom stereocenters. The van der Waals surface area contributed by atoms with Gasteiger partial charge in [-0.15, -0.1) is 0 Å². The first-order valence-electron chi connectivity index (χ1n) is 6.77. The molecule has 2 rings (SSSR count). The maximum absolute atomic E-state index is 6.02. The van der Waals surface area contributed by atoms with Crippen molar-refractivity contribution in [3.8, 4) is 0 Å². The minimum Gasteiger partial charge on any atom is -0.372 e. The van der Waals surface area contributed by atoms with E-state index in [2.05, 4.69) is 48.5 Å². The van der Waals surface area contributed by atoms with Crippen molar-refractivity contribution in [3.05, 3.63) is 29.8 Å². The van der Waals surface area contributed by atoms with Crippen LogP contribution in [0.5, 0.6) is 0 Å². The van der Waals surface area contributed by atoms with Crippen LogP contribution in [-0.2, 0) is 4.74 Å². The molecule has 2 atom stereocenters. The molecule has 100 valence electrons. The van der Waals surface area contributed by atoms with Gasteiger partial charge in [-0.2, -0.15) is 0 Å². The molecule has 1 aromatic rings. The molecule has 0 saturated carbocycles. The predicted octanol–water partition coefficient (Wildman–Crippen LogP) is 2.20. The molecule has 1 aromatic carbocycles. The normalized spacial score (nSPS) is 23.3. The Morgan fingerprint density at radius 2 is 2.11 bits per heavy atom. The Bertz CT molecular complexity index is 381. The van der Waals surface area contributed by atoms with Crippen molar-refractivity contribution in [1.82, 2.24) is 5.32 Å². The summed E-state index contributed by atoms with van der Waals surface area (Å²) in [7, 11) is 4.12. The van der Waals surface area contributed by atoms with Crippen LogP contribution in [0.25, 0.3) is 0 Å². The fourth-order valence-corrected chi connectivity index (χ4v) is 2.57. The summed E-state index contributed by atoms with van der Waals surface area (Å²) in [6.45, 7) is 4.07. The van der Waals surface area contributed by atoms with Gasteiger partial charge in [-0.05, 0) is 44.5 Å². The Kier molecular flexibility index (Phi) is 4.61. The molecular formula is C15H24N2O. The van der Waals surface area contributed by atoms with Gasteiger partial charge < -0.3 is 15.0 Å². The summed E-state index contributed by atoms with van der Waals surface area (Å²) in [4.78, 5) is 2.29. The van der Waals surface area contributed by atoms with E-state index in [0.717, 1.165) is 13.1 Å². The zero-order valence-corrected chi connectivity index (χ0v) is 11.6. The number of ether oxygens (including phenoxy) is 1. The number of likely N-dealkylation sites (N-methyl/N-ethyl adjacent to an activating group) is 2. The van der Waals surface area contributed by atoms with E-state index in [1.165, 1.54) is 24.1 Å². The first kappa shape index (κ1) is 13.4. The molecule has 18 heavy (non-hydrogen) atoms. The monoisotopic (exact) mass is 248 g/mol. The summed E-state index contributed by atoms with van der Waals surface area (Å²) in [6.07, 6.45) is 3.11. The van der Waals surface area contributed by atoms with Crippen molar-refractivity contribution in [2.24, 2.45) is 0 Å². The average Bonchev–Trinajstić information content (AvgIpc) is 2.77. The molecule has 1 aliphatic rings. The van der Waals surface area contributed by atoms with Crippen LogP contribution in [0, 0.1) is 6.92 Å². The van der Waals surface area contributed by atoms with Crippen molar-refractivity contribution in [1.29, 1.82) is 0 Å². The third-order valence-electron chi connectivity index (χ3n) is 3.55. The van der Waals surface area contributed by atoms with Crippen LogP contribution in [0.4, 0.5) is 5.69 Å². The van der Waals surface area contributed by atoms with Crippen molar-refractivity contribution in [2.75, 3.05) is 32.1 Å². The van der Waals surface area contributed by atoms with Crippen molar-refractivity contribution >= 4 is 5.69 Å². The van der Waals surface area contributed by atoms with Crippen molar-refractivity contribution in [2.45, 2.75) is 32.0 Å². The lowest BCUT2D eigenvalue weighted by Crippen LogP contribution is -2.31. The summed E-state index contributed by atoms with van der Waals surface area (Å²) in [5.41, 5.74) is 2.58. The minimum atomic E-state index is 0.369. The molecular weight excluding hydrogens is 224 g/mol. The lowest BCUT2D eigenvalue weighted by atomic mass is 10.1. The van der Waals surface area contributed by atoms with Gasteiger partial charge in [0.1, 0.15) is 0 Å². The second kappa shape index (κ2) is 6.21. The molecule has 0 aromatic heterocycles. The van der Waals surface area contributed by atoms with E-state index in [9.17, 15) is 0 Å². The lowest BCUT2D eigenvalue weighted by molar-refractivity contribution is 0.0511. The third kappa shape index (κ3) is 3.47. The number of anilines is 1. The van der Waals surface area contributed by atoms with E-state index in [1.54, 1.807) is 0 Å². The maximum atomic E-state index is 6.02.